The van der Waals surface area contributed by atoms with Crippen LogP contribution in [-0.4, -0.2) is 61.2 Å². The second kappa shape index (κ2) is 6.76. The molecule has 1 saturated heterocycles. The summed E-state index contributed by atoms with van der Waals surface area (Å²) in [7, 11) is 0. The predicted molar refractivity (Wildman–Crippen MR) is 87.2 cm³/mol. The van der Waals surface area contributed by atoms with Gasteiger partial charge in [-0.25, -0.2) is 0 Å². The van der Waals surface area contributed by atoms with Crippen molar-refractivity contribution in [3.8, 4) is 0 Å². The summed E-state index contributed by atoms with van der Waals surface area (Å²) < 4.78 is 0. The van der Waals surface area contributed by atoms with Gasteiger partial charge in [0.2, 0.25) is 0 Å². The van der Waals surface area contributed by atoms with E-state index in [4.69, 9.17) is 0 Å². The van der Waals surface area contributed by atoms with E-state index in [9.17, 15) is 0 Å². The quantitative estimate of drug-likeness (QED) is 0.835. The van der Waals surface area contributed by atoms with Gasteiger partial charge in [0.1, 0.15) is 0 Å². The second-order valence-corrected chi connectivity index (χ2v) is 7.92. The molecule has 1 heterocycles. The van der Waals surface area contributed by atoms with Crippen LogP contribution >= 0.6 is 0 Å². The van der Waals surface area contributed by atoms with E-state index in [0.717, 1.165) is 6.54 Å². The van der Waals surface area contributed by atoms with Crippen molar-refractivity contribution in [2.24, 2.45) is 5.41 Å². The molecule has 3 nitrogen and oxygen atoms in total. The van der Waals surface area contributed by atoms with Gasteiger partial charge in [-0.2, -0.15) is 0 Å². The first-order chi connectivity index (χ1) is 9.45. The third-order valence-corrected chi connectivity index (χ3v) is 5.29. The first kappa shape index (κ1) is 16.3. The van der Waals surface area contributed by atoms with E-state index in [0.29, 0.717) is 11.0 Å². The molecule has 0 unspecified atom stereocenters. The van der Waals surface area contributed by atoms with Crippen molar-refractivity contribution >= 4 is 0 Å². The fourth-order valence-electron chi connectivity index (χ4n) is 3.96. The van der Waals surface area contributed by atoms with E-state index in [1.165, 1.54) is 65.0 Å². The Bertz CT molecular complexity index is 281. The number of piperazine rings is 1. The maximum atomic E-state index is 3.62. The van der Waals surface area contributed by atoms with Crippen molar-refractivity contribution in [3.63, 3.8) is 0 Å². The van der Waals surface area contributed by atoms with Crippen molar-refractivity contribution in [1.29, 1.82) is 0 Å². The highest BCUT2D eigenvalue weighted by atomic mass is 15.3. The van der Waals surface area contributed by atoms with Gasteiger partial charge in [0.05, 0.1) is 0 Å². The van der Waals surface area contributed by atoms with Crippen LogP contribution in [0.1, 0.15) is 53.4 Å². The molecule has 2 rings (SSSR count). The molecule has 0 atom stereocenters. The van der Waals surface area contributed by atoms with E-state index in [2.05, 4.69) is 42.8 Å². The van der Waals surface area contributed by atoms with Crippen molar-refractivity contribution in [2.45, 2.75) is 58.9 Å². The summed E-state index contributed by atoms with van der Waals surface area (Å²) in [5, 5.41) is 3.62. The average molecular weight is 281 g/mol. The molecule has 2 aliphatic rings. The van der Waals surface area contributed by atoms with Gasteiger partial charge < -0.3 is 10.2 Å². The molecular formula is C17H35N3. The standard InChI is InChI=1S/C17H35N3/c1-5-18-14-17(8-6-7-9-17)15-19-10-12-20(13-11-19)16(2,3)4/h18H,5-15H2,1-4H3. The minimum Gasteiger partial charge on any atom is -0.316 e. The molecule has 118 valence electrons. The van der Waals surface area contributed by atoms with Crippen LogP contribution in [0.5, 0.6) is 0 Å². The summed E-state index contributed by atoms with van der Waals surface area (Å²) in [4.78, 5) is 5.36. The zero-order valence-corrected chi connectivity index (χ0v) is 14.2. The van der Waals surface area contributed by atoms with Crippen LogP contribution in [0.2, 0.25) is 0 Å². The lowest BCUT2D eigenvalue weighted by Gasteiger charge is -2.44. The molecule has 0 aromatic carbocycles. The topological polar surface area (TPSA) is 18.5 Å². The van der Waals surface area contributed by atoms with E-state index in [1.54, 1.807) is 0 Å². The fraction of sp³-hybridized carbons (Fsp3) is 1.00. The Morgan fingerprint density at radius 1 is 1.00 bits per heavy atom. The second-order valence-electron chi connectivity index (χ2n) is 7.92. The fourth-order valence-corrected chi connectivity index (χ4v) is 3.96. The van der Waals surface area contributed by atoms with Crippen molar-refractivity contribution in [1.82, 2.24) is 15.1 Å². The monoisotopic (exact) mass is 281 g/mol. The maximum absolute atomic E-state index is 3.62. The number of nitrogens with zero attached hydrogens (tertiary/aromatic N) is 2. The van der Waals surface area contributed by atoms with E-state index < -0.39 is 0 Å². The van der Waals surface area contributed by atoms with Crippen LogP contribution in [0.25, 0.3) is 0 Å². The van der Waals surface area contributed by atoms with E-state index in [-0.39, 0.29) is 0 Å². The highest BCUT2D eigenvalue weighted by Gasteiger charge is 2.36. The normalized spacial score (nSPS) is 25.2. The number of rotatable bonds is 5. The third-order valence-electron chi connectivity index (χ3n) is 5.29. The van der Waals surface area contributed by atoms with Gasteiger partial charge in [-0.15, -0.1) is 0 Å². The zero-order valence-electron chi connectivity index (χ0n) is 14.2. The Morgan fingerprint density at radius 3 is 2.10 bits per heavy atom. The van der Waals surface area contributed by atoms with Gasteiger partial charge in [0.25, 0.3) is 0 Å². The number of hydrogen-bond donors (Lipinski definition) is 1. The number of nitrogens with one attached hydrogen (secondary N) is 1. The Kier molecular flexibility index (Phi) is 5.49. The molecule has 0 spiro atoms. The maximum Gasteiger partial charge on any atom is 0.0126 e. The summed E-state index contributed by atoms with van der Waals surface area (Å²) in [6.45, 7) is 17.9. The first-order valence-electron chi connectivity index (χ1n) is 8.63. The summed E-state index contributed by atoms with van der Waals surface area (Å²) in [6, 6.07) is 0. The van der Waals surface area contributed by atoms with Crippen LogP contribution in [0.15, 0.2) is 0 Å². The molecule has 1 saturated carbocycles. The minimum absolute atomic E-state index is 0.334. The van der Waals surface area contributed by atoms with Crippen LogP contribution in [0.4, 0.5) is 0 Å². The van der Waals surface area contributed by atoms with Crippen LogP contribution in [0, 0.1) is 5.41 Å². The van der Waals surface area contributed by atoms with Gasteiger partial charge in [-0.05, 0) is 45.6 Å². The first-order valence-corrected chi connectivity index (χ1v) is 8.63. The smallest absolute Gasteiger partial charge is 0.0126 e. The molecule has 0 bridgehead atoms. The molecule has 3 heteroatoms. The van der Waals surface area contributed by atoms with Crippen LogP contribution < -0.4 is 5.32 Å². The molecule has 0 amide bonds. The predicted octanol–water partition coefficient (Wildman–Crippen LogP) is 2.57. The van der Waals surface area contributed by atoms with Gasteiger partial charge >= 0.3 is 0 Å². The molecule has 1 aliphatic heterocycles. The lowest BCUT2D eigenvalue weighted by molar-refractivity contribution is 0.0402. The SMILES string of the molecule is CCNCC1(CN2CCN(C(C)(C)C)CC2)CCCC1. The van der Waals surface area contributed by atoms with Gasteiger partial charge in [0.15, 0.2) is 0 Å². The Hall–Kier alpha value is -0.120. The highest BCUT2D eigenvalue weighted by Crippen LogP contribution is 2.38. The van der Waals surface area contributed by atoms with Gasteiger partial charge in [0, 0.05) is 44.8 Å². The largest absolute Gasteiger partial charge is 0.316 e. The van der Waals surface area contributed by atoms with Gasteiger partial charge in [-0.1, -0.05) is 19.8 Å². The zero-order chi connectivity index (χ0) is 14.6. The molecule has 2 fully saturated rings. The molecular weight excluding hydrogens is 246 g/mol. The number of hydrogen-bond acceptors (Lipinski definition) is 3. The molecule has 0 aromatic heterocycles. The lowest BCUT2D eigenvalue weighted by atomic mass is 9.85. The molecule has 1 aliphatic carbocycles. The summed E-state index contributed by atoms with van der Waals surface area (Å²) in [5.74, 6) is 0. The average Bonchev–Trinajstić information content (AvgIpc) is 2.85. The van der Waals surface area contributed by atoms with Crippen molar-refractivity contribution in [2.75, 3.05) is 45.8 Å². The van der Waals surface area contributed by atoms with Crippen LogP contribution in [-0.2, 0) is 0 Å². The molecule has 20 heavy (non-hydrogen) atoms. The van der Waals surface area contributed by atoms with Crippen molar-refractivity contribution in [3.05, 3.63) is 0 Å². The molecule has 1 N–H and O–H groups in total. The highest BCUT2D eigenvalue weighted by molar-refractivity contribution is 4.91. The van der Waals surface area contributed by atoms with Gasteiger partial charge in [-0.3, -0.25) is 4.90 Å². The van der Waals surface area contributed by atoms with Crippen LogP contribution in [0.3, 0.4) is 0 Å². The third kappa shape index (κ3) is 4.19. The Balaban J connectivity index is 1.84. The molecule has 0 radical (unpaired) electrons. The van der Waals surface area contributed by atoms with Crippen molar-refractivity contribution < 1.29 is 0 Å². The summed E-state index contributed by atoms with van der Waals surface area (Å²) >= 11 is 0. The summed E-state index contributed by atoms with van der Waals surface area (Å²) in [6.07, 6.45) is 5.74. The van der Waals surface area contributed by atoms with E-state index in [1.807, 2.05) is 0 Å². The Labute approximate surface area is 126 Å². The van der Waals surface area contributed by atoms with E-state index >= 15 is 0 Å². The molecule has 0 aromatic rings. The Morgan fingerprint density at radius 2 is 1.60 bits per heavy atom. The summed E-state index contributed by atoms with van der Waals surface area (Å²) in [5.41, 5.74) is 0.904. The lowest BCUT2D eigenvalue weighted by Crippen LogP contribution is -2.55. The minimum atomic E-state index is 0.334.